The summed E-state index contributed by atoms with van der Waals surface area (Å²) in [7, 11) is 3.70. The molecule has 96 valence electrons. The third kappa shape index (κ3) is 3.15. The van der Waals surface area contributed by atoms with Gasteiger partial charge >= 0.3 is 0 Å². The summed E-state index contributed by atoms with van der Waals surface area (Å²) in [6.45, 7) is 0.819. The van der Waals surface area contributed by atoms with Gasteiger partial charge in [0.05, 0.1) is 18.7 Å². The number of alkyl halides is 1. The smallest absolute Gasteiger partial charge is 0.185 e. The first kappa shape index (κ1) is 13.2. The molecule has 0 saturated carbocycles. The molecule has 3 nitrogen and oxygen atoms in total. The van der Waals surface area contributed by atoms with Crippen LogP contribution in [0.2, 0.25) is 0 Å². The molecule has 0 aliphatic carbocycles. The second-order valence-corrected chi connectivity index (χ2v) is 5.06. The van der Waals surface area contributed by atoms with Crippen molar-refractivity contribution >= 4 is 28.1 Å². The molecule has 0 saturated heterocycles. The molecule has 2 rings (SSSR count). The predicted octanol–water partition coefficient (Wildman–Crippen LogP) is 3.53. The summed E-state index contributed by atoms with van der Waals surface area (Å²) >= 11 is 7.37. The van der Waals surface area contributed by atoms with Crippen molar-refractivity contribution in [3.05, 3.63) is 40.9 Å². The van der Waals surface area contributed by atoms with Gasteiger partial charge in [-0.15, -0.1) is 22.9 Å². The second-order valence-electron chi connectivity index (χ2n) is 3.96. The van der Waals surface area contributed by atoms with Gasteiger partial charge in [-0.25, -0.2) is 4.98 Å². The van der Waals surface area contributed by atoms with Crippen LogP contribution in [0.1, 0.15) is 11.3 Å². The highest BCUT2D eigenvalue weighted by atomic mass is 35.5. The maximum absolute atomic E-state index is 5.75. The van der Waals surface area contributed by atoms with Crippen LogP contribution in [-0.2, 0) is 12.4 Å². The van der Waals surface area contributed by atoms with Crippen LogP contribution in [0.4, 0.5) is 5.13 Å². The average molecular weight is 283 g/mol. The van der Waals surface area contributed by atoms with Gasteiger partial charge in [0.25, 0.3) is 0 Å². The molecule has 0 aliphatic rings. The summed E-state index contributed by atoms with van der Waals surface area (Å²) in [6.07, 6.45) is 0. The van der Waals surface area contributed by atoms with Crippen LogP contribution in [-0.4, -0.2) is 19.1 Å². The maximum atomic E-state index is 5.75. The van der Waals surface area contributed by atoms with Crippen molar-refractivity contribution in [2.24, 2.45) is 0 Å². The number of hydrogen-bond acceptors (Lipinski definition) is 4. The lowest BCUT2D eigenvalue weighted by Gasteiger charge is -2.15. The molecule has 0 amide bonds. The minimum absolute atomic E-state index is 0.465. The van der Waals surface area contributed by atoms with Crippen molar-refractivity contribution in [3.63, 3.8) is 0 Å². The molecule has 0 atom stereocenters. The zero-order chi connectivity index (χ0) is 13.0. The fourth-order valence-corrected chi connectivity index (χ4v) is 2.63. The Labute approximate surface area is 116 Å². The van der Waals surface area contributed by atoms with Crippen LogP contribution in [0.25, 0.3) is 0 Å². The van der Waals surface area contributed by atoms with E-state index in [2.05, 4.69) is 22.0 Å². The summed E-state index contributed by atoms with van der Waals surface area (Å²) in [5.74, 6) is 1.34. The van der Waals surface area contributed by atoms with Crippen molar-refractivity contribution in [2.75, 3.05) is 19.1 Å². The summed E-state index contributed by atoms with van der Waals surface area (Å²) < 4.78 is 5.14. The Kier molecular flexibility index (Phi) is 4.44. The van der Waals surface area contributed by atoms with E-state index >= 15 is 0 Å². The van der Waals surface area contributed by atoms with Crippen LogP contribution in [0.5, 0.6) is 5.75 Å². The number of halogens is 1. The predicted molar refractivity (Wildman–Crippen MR) is 76.8 cm³/mol. The molecule has 0 unspecified atom stereocenters. The van der Waals surface area contributed by atoms with Crippen molar-refractivity contribution in [2.45, 2.75) is 12.4 Å². The molecule has 0 bridgehead atoms. The molecule has 1 aromatic heterocycles. The Morgan fingerprint density at radius 3 is 2.61 bits per heavy atom. The summed E-state index contributed by atoms with van der Waals surface area (Å²) in [6, 6.07) is 8.06. The first-order valence-corrected chi connectivity index (χ1v) is 6.99. The van der Waals surface area contributed by atoms with E-state index in [1.54, 1.807) is 18.4 Å². The fraction of sp³-hybridized carbons (Fsp3) is 0.308. The van der Waals surface area contributed by atoms with Gasteiger partial charge in [0.2, 0.25) is 0 Å². The quantitative estimate of drug-likeness (QED) is 0.785. The number of thiazole rings is 1. The molecular formula is C13H15ClN2OS. The Bertz CT molecular complexity index is 498. The van der Waals surface area contributed by atoms with E-state index in [-0.39, 0.29) is 0 Å². The first-order valence-electron chi connectivity index (χ1n) is 5.57. The molecule has 5 heteroatoms. The first-order chi connectivity index (χ1) is 8.72. The SMILES string of the molecule is COc1ccc(CN(C)c2nc(CCl)cs2)cc1. The topological polar surface area (TPSA) is 25.4 Å². The number of anilines is 1. The minimum Gasteiger partial charge on any atom is -0.497 e. The summed E-state index contributed by atoms with van der Waals surface area (Å²) in [4.78, 5) is 6.56. The summed E-state index contributed by atoms with van der Waals surface area (Å²) in [5.41, 5.74) is 2.15. The highest BCUT2D eigenvalue weighted by molar-refractivity contribution is 7.13. The number of ether oxygens (including phenoxy) is 1. The number of aromatic nitrogens is 1. The van der Waals surface area contributed by atoms with Crippen molar-refractivity contribution in [3.8, 4) is 5.75 Å². The molecular weight excluding hydrogens is 268 g/mol. The number of nitrogens with zero attached hydrogens (tertiary/aromatic N) is 2. The van der Waals surface area contributed by atoms with E-state index in [0.717, 1.165) is 23.1 Å². The Morgan fingerprint density at radius 2 is 2.06 bits per heavy atom. The number of hydrogen-bond donors (Lipinski definition) is 0. The molecule has 1 aromatic carbocycles. The number of rotatable bonds is 5. The monoisotopic (exact) mass is 282 g/mol. The molecule has 0 spiro atoms. The van der Waals surface area contributed by atoms with E-state index < -0.39 is 0 Å². The van der Waals surface area contributed by atoms with Crippen molar-refractivity contribution in [1.82, 2.24) is 4.98 Å². The summed E-state index contributed by atoms with van der Waals surface area (Å²) in [5, 5.41) is 2.98. The third-order valence-electron chi connectivity index (χ3n) is 2.58. The van der Waals surface area contributed by atoms with Crippen LogP contribution in [0, 0.1) is 0 Å². The van der Waals surface area contributed by atoms with E-state index in [4.69, 9.17) is 16.3 Å². The van der Waals surface area contributed by atoms with Gasteiger partial charge < -0.3 is 9.64 Å². The van der Waals surface area contributed by atoms with Crippen molar-refractivity contribution < 1.29 is 4.74 Å². The molecule has 18 heavy (non-hydrogen) atoms. The average Bonchev–Trinajstić information content (AvgIpc) is 2.88. The van der Waals surface area contributed by atoms with E-state index in [1.807, 2.05) is 24.6 Å². The lowest BCUT2D eigenvalue weighted by Crippen LogP contribution is -2.16. The van der Waals surface area contributed by atoms with Gasteiger partial charge in [0, 0.05) is 19.0 Å². The molecule has 2 aromatic rings. The molecule has 0 radical (unpaired) electrons. The molecule has 0 aliphatic heterocycles. The van der Waals surface area contributed by atoms with Crippen LogP contribution in [0.15, 0.2) is 29.6 Å². The van der Waals surface area contributed by atoms with Gasteiger partial charge in [0.1, 0.15) is 5.75 Å². The van der Waals surface area contributed by atoms with E-state index in [9.17, 15) is 0 Å². The number of benzene rings is 1. The van der Waals surface area contributed by atoms with Crippen LogP contribution < -0.4 is 9.64 Å². The van der Waals surface area contributed by atoms with Gasteiger partial charge in [-0.05, 0) is 17.7 Å². The van der Waals surface area contributed by atoms with E-state index in [1.165, 1.54) is 5.56 Å². The third-order valence-corrected chi connectivity index (χ3v) is 3.86. The van der Waals surface area contributed by atoms with E-state index in [0.29, 0.717) is 5.88 Å². The zero-order valence-corrected chi connectivity index (χ0v) is 12.0. The second kappa shape index (κ2) is 6.07. The normalized spacial score (nSPS) is 10.4. The molecule has 1 heterocycles. The minimum atomic E-state index is 0.465. The van der Waals surface area contributed by atoms with Gasteiger partial charge in [0.15, 0.2) is 5.13 Å². The Hall–Kier alpha value is -1.26. The number of methoxy groups -OCH3 is 1. The van der Waals surface area contributed by atoms with Gasteiger partial charge in [-0.3, -0.25) is 0 Å². The molecule has 0 fully saturated rings. The standard InChI is InChI=1S/C13H15ClN2OS/c1-16(13-15-11(7-14)9-18-13)8-10-3-5-12(17-2)6-4-10/h3-6,9H,7-8H2,1-2H3. The lowest BCUT2D eigenvalue weighted by molar-refractivity contribution is 0.414. The Balaban J connectivity index is 2.03. The molecule has 0 N–H and O–H groups in total. The zero-order valence-electron chi connectivity index (χ0n) is 10.4. The maximum Gasteiger partial charge on any atom is 0.185 e. The highest BCUT2D eigenvalue weighted by Gasteiger charge is 2.07. The van der Waals surface area contributed by atoms with Crippen molar-refractivity contribution in [1.29, 1.82) is 0 Å². The van der Waals surface area contributed by atoms with Crippen LogP contribution in [0.3, 0.4) is 0 Å². The Morgan fingerprint density at radius 1 is 1.33 bits per heavy atom. The lowest BCUT2D eigenvalue weighted by atomic mass is 10.2. The fourth-order valence-electron chi connectivity index (χ4n) is 1.61. The largest absolute Gasteiger partial charge is 0.497 e. The van der Waals surface area contributed by atoms with Crippen LogP contribution >= 0.6 is 22.9 Å². The highest BCUT2D eigenvalue weighted by Crippen LogP contribution is 2.22. The van der Waals surface area contributed by atoms with Gasteiger partial charge in [-0.2, -0.15) is 0 Å². The van der Waals surface area contributed by atoms with Gasteiger partial charge in [-0.1, -0.05) is 12.1 Å².